The number of hydrogen-bond acceptors (Lipinski definition) is 1. The Bertz CT molecular complexity index is 259. The van der Waals surface area contributed by atoms with Crippen molar-refractivity contribution >= 4 is 28.6 Å². The third kappa shape index (κ3) is 22.8. The van der Waals surface area contributed by atoms with Crippen LogP contribution in [0.1, 0.15) is 130 Å². The Balaban J connectivity index is 0. The van der Waals surface area contributed by atoms with E-state index in [0.29, 0.717) is 0 Å². The van der Waals surface area contributed by atoms with Gasteiger partial charge in [-0.05, 0) is 33.2 Å². The zero-order valence-corrected chi connectivity index (χ0v) is 20.7. The van der Waals surface area contributed by atoms with E-state index in [1.54, 1.807) is 0 Å². The second-order valence-corrected chi connectivity index (χ2v) is 8.93. The van der Waals surface area contributed by atoms with E-state index in [4.69, 9.17) is 11.6 Å². The van der Waals surface area contributed by atoms with Crippen molar-refractivity contribution in [2.75, 3.05) is 12.4 Å². The number of nitrogens with one attached hydrogen (secondary N) is 1. The van der Waals surface area contributed by atoms with Gasteiger partial charge in [0.25, 0.3) is 0 Å². The molecule has 1 N–H and O–H groups in total. The van der Waals surface area contributed by atoms with Crippen molar-refractivity contribution in [3.05, 3.63) is 0 Å². The second-order valence-electron chi connectivity index (χ2n) is 8.55. The van der Waals surface area contributed by atoms with Crippen molar-refractivity contribution in [1.29, 1.82) is 0 Å². The zero-order valence-electron chi connectivity index (χ0n) is 18.2. The molecule has 0 saturated heterocycles. The standard InChI is InChI=1S/C23H48ClN.BrH/c1-4-5-6-7-8-9-10-11-12-13-14-15-16-17-18-20-23(2,3)25-22-19-21-24;/h25H,4-22H2,1-3H3;1H. The molecule has 0 rings (SSSR count). The highest BCUT2D eigenvalue weighted by atomic mass is 79.9. The van der Waals surface area contributed by atoms with Gasteiger partial charge in [-0.2, -0.15) is 0 Å². The molecule has 0 radical (unpaired) electrons. The fourth-order valence-electron chi connectivity index (χ4n) is 3.52. The van der Waals surface area contributed by atoms with Crippen molar-refractivity contribution in [2.24, 2.45) is 0 Å². The van der Waals surface area contributed by atoms with Crippen LogP contribution < -0.4 is 5.32 Å². The largest absolute Gasteiger partial charge is 0.312 e. The number of alkyl halides is 1. The van der Waals surface area contributed by atoms with Crippen molar-refractivity contribution in [1.82, 2.24) is 5.32 Å². The van der Waals surface area contributed by atoms with Crippen LogP contribution in [0.4, 0.5) is 0 Å². The second kappa shape index (κ2) is 22.0. The van der Waals surface area contributed by atoms with Gasteiger partial charge in [-0.15, -0.1) is 28.6 Å². The summed E-state index contributed by atoms with van der Waals surface area (Å²) in [5, 5.41) is 3.63. The van der Waals surface area contributed by atoms with Gasteiger partial charge in [0.1, 0.15) is 0 Å². The summed E-state index contributed by atoms with van der Waals surface area (Å²) in [6.45, 7) is 7.99. The average Bonchev–Trinajstić information content (AvgIpc) is 2.58. The van der Waals surface area contributed by atoms with Crippen LogP contribution in [0, 0.1) is 0 Å². The van der Waals surface area contributed by atoms with E-state index < -0.39 is 0 Å². The highest BCUT2D eigenvalue weighted by Crippen LogP contribution is 2.17. The van der Waals surface area contributed by atoms with Crippen LogP contribution in [-0.2, 0) is 0 Å². The van der Waals surface area contributed by atoms with Gasteiger partial charge in [0.15, 0.2) is 0 Å². The Hall–Kier alpha value is 0.730. The van der Waals surface area contributed by atoms with E-state index in [-0.39, 0.29) is 22.5 Å². The minimum absolute atomic E-state index is 0. The first-order valence-corrected chi connectivity index (χ1v) is 12.0. The monoisotopic (exact) mass is 453 g/mol. The summed E-state index contributed by atoms with van der Waals surface area (Å²) in [4.78, 5) is 0. The van der Waals surface area contributed by atoms with Crippen LogP contribution in [0.3, 0.4) is 0 Å². The number of rotatable bonds is 20. The summed E-state index contributed by atoms with van der Waals surface area (Å²) in [5.74, 6) is 0.766. The summed E-state index contributed by atoms with van der Waals surface area (Å²) in [6.07, 6.45) is 24.0. The van der Waals surface area contributed by atoms with E-state index in [2.05, 4.69) is 26.1 Å². The molecule has 0 fully saturated rings. The van der Waals surface area contributed by atoms with Crippen molar-refractivity contribution in [3.63, 3.8) is 0 Å². The van der Waals surface area contributed by atoms with Crippen LogP contribution >= 0.6 is 28.6 Å². The van der Waals surface area contributed by atoms with Gasteiger partial charge in [0.2, 0.25) is 0 Å². The first-order chi connectivity index (χ1) is 12.1. The Morgan fingerprint density at radius 1 is 0.615 bits per heavy atom. The molecule has 3 heteroatoms. The smallest absolute Gasteiger partial charge is 0.0235 e. The predicted octanol–water partition coefficient (Wildman–Crippen LogP) is 8.82. The molecule has 0 aromatic carbocycles. The van der Waals surface area contributed by atoms with Crippen molar-refractivity contribution < 1.29 is 0 Å². The number of hydrogen-bond donors (Lipinski definition) is 1. The molecule has 0 bridgehead atoms. The molecule has 0 aliphatic carbocycles. The maximum atomic E-state index is 5.74. The third-order valence-electron chi connectivity index (χ3n) is 5.32. The van der Waals surface area contributed by atoms with Crippen molar-refractivity contribution in [3.8, 4) is 0 Å². The highest BCUT2D eigenvalue weighted by Gasteiger charge is 2.15. The van der Waals surface area contributed by atoms with Crippen molar-refractivity contribution in [2.45, 2.75) is 135 Å². The van der Waals surface area contributed by atoms with Gasteiger partial charge in [-0.1, -0.05) is 103 Å². The lowest BCUT2D eigenvalue weighted by atomic mass is 9.95. The van der Waals surface area contributed by atoms with E-state index in [9.17, 15) is 0 Å². The molecule has 0 saturated carbocycles. The molecule has 26 heavy (non-hydrogen) atoms. The number of halogens is 2. The van der Waals surface area contributed by atoms with Crippen LogP contribution in [0.5, 0.6) is 0 Å². The minimum atomic E-state index is 0. The molecular weight excluding hydrogens is 406 g/mol. The Morgan fingerprint density at radius 3 is 1.38 bits per heavy atom. The van der Waals surface area contributed by atoms with E-state index in [0.717, 1.165) is 18.8 Å². The molecule has 0 amide bonds. The van der Waals surface area contributed by atoms with E-state index >= 15 is 0 Å². The van der Waals surface area contributed by atoms with E-state index in [1.807, 2.05) is 0 Å². The third-order valence-corrected chi connectivity index (χ3v) is 5.59. The summed E-state index contributed by atoms with van der Waals surface area (Å²) in [6, 6.07) is 0. The maximum absolute atomic E-state index is 5.74. The normalized spacial score (nSPS) is 11.5. The first kappa shape index (κ1) is 28.9. The molecule has 0 unspecified atom stereocenters. The fraction of sp³-hybridized carbons (Fsp3) is 1.00. The molecule has 0 aliphatic heterocycles. The lowest BCUT2D eigenvalue weighted by Gasteiger charge is -2.26. The van der Waals surface area contributed by atoms with Crippen LogP contribution in [0.15, 0.2) is 0 Å². The summed E-state index contributed by atoms with van der Waals surface area (Å²) < 4.78 is 0. The van der Waals surface area contributed by atoms with Gasteiger partial charge in [-0.3, -0.25) is 0 Å². The molecule has 0 spiro atoms. The van der Waals surface area contributed by atoms with Crippen LogP contribution in [0.2, 0.25) is 0 Å². The maximum Gasteiger partial charge on any atom is 0.0235 e. The Kier molecular flexibility index (Phi) is 24.5. The van der Waals surface area contributed by atoms with Gasteiger partial charge in [0.05, 0.1) is 0 Å². The van der Waals surface area contributed by atoms with Gasteiger partial charge < -0.3 is 5.32 Å². The molecule has 0 heterocycles. The lowest BCUT2D eigenvalue weighted by molar-refractivity contribution is 0.348. The minimum Gasteiger partial charge on any atom is -0.312 e. The molecule has 0 aliphatic rings. The molecule has 0 atom stereocenters. The summed E-state index contributed by atoms with van der Waals surface area (Å²) in [7, 11) is 0. The zero-order chi connectivity index (χ0) is 18.6. The van der Waals surface area contributed by atoms with E-state index in [1.165, 1.54) is 103 Å². The molecule has 1 nitrogen and oxygen atoms in total. The SMILES string of the molecule is Br.CCCCCCCCCCCCCCCCCC(C)(C)NCCCCl. The molecular formula is C23H49BrClN. The summed E-state index contributed by atoms with van der Waals surface area (Å²) in [5.41, 5.74) is 0.280. The molecule has 0 aromatic rings. The van der Waals surface area contributed by atoms with Crippen LogP contribution in [-0.4, -0.2) is 18.0 Å². The quantitative estimate of drug-likeness (QED) is 0.143. The predicted molar refractivity (Wildman–Crippen MR) is 127 cm³/mol. The first-order valence-electron chi connectivity index (χ1n) is 11.4. The number of unbranched alkanes of at least 4 members (excludes halogenated alkanes) is 14. The Morgan fingerprint density at radius 2 is 1.00 bits per heavy atom. The van der Waals surface area contributed by atoms with Gasteiger partial charge in [-0.25, -0.2) is 0 Å². The lowest BCUT2D eigenvalue weighted by Crippen LogP contribution is -2.39. The summed E-state index contributed by atoms with van der Waals surface area (Å²) >= 11 is 5.74. The Labute approximate surface area is 181 Å². The van der Waals surface area contributed by atoms with Gasteiger partial charge in [0, 0.05) is 11.4 Å². The van der Waals surface area contributed by atoms with Gasteiger partial charge >= 0.3 is 0 Å². The van der Waals surface area contributed by atoms with Crippen LogP contribution in [0.25, 0.3) is 0 Å². The molecule has 160 valence electrons. The molecule has 0 aromatic heterocycles. The average molecular weight is 455 g/mol. The highest BCUT2D eigenvalue weighted by molar-refractivity contribution is 8.93. The topological polar surface area (TPSA) is 12.0 Å². The fourth-order valence-corrected chi connectivity index (χ4v) is 3.65.